The summed E-state index contributed by atoms with van der Waals surface area (Å²) in [6.45, 7) is 3.50. The zero-order valence-corrected chi connectivity index (χ0v) is 12.6. The number of rotatable bonds is 2. The molecule has 116 valence electrons. The molecule has 2 aromatic carbocycles. The van der Waals surface area contributed by atoms with Gasteiger partial charge in [-0.15, -0.1) is 0 Å². The highest BCUT2D eigenvalue weighted by atomic mass is 19.1. The van der Waals surface area contributed by atoms with E-state index in [1.165, 1.54) is 24.3 Å². The molecule has 3 aromatic rings. The Morgan fingerprint density at radius 2 is 1.91 bits per heavy atom. The molecule has 0 aliphatic heterocycles. The van der Waals surface area contributed by atoms with Crippen LogP contribution in [0, 0.1) is 19.7 Å². The van der Waals surface area contributed by atoms with Gasteiger partial charge in [0, 0.05) is 17.0 Å². The van der Waals surface area contributed by atoms with Crippen LogP contribution in [-0.4, -0.2) is 5.97 Å². The molecule has 4 nitrogen and oxygen atoms in total. The third-order valence-corrected chi connectivity index (χ3v) is 3.58. The first-order chi connectivity index (χ1) is 11.0. The fourth-order valence-electron chi connectivity index (χ4n) is 2.39. The number of aryl methyl sites for hydroxylation is 2. The van der Waals surface area contributed by atoms with Gasteiger partial charge in [-0.1, -0.05) is 6.07 Å². The Morgan fingerprint density at radius 3 is 2.65 bits per heavy atom. The van der Waals surface area contributed by atoms with Crippen LogP contribution in [0.3, 0.4) is 0 Å². The maximum absolute atomic E-state index is 13.2. The number of carbonyl (C=O) groups excluding carboxylic acids is 1. The number of hydrogen-bond donors (Lipinski definition) is 0. The zero-order valence-electron chi connectivity index (χ0n) is 12.6. The molecule has 0 fully saturated rings. The van der Waals surface area contributed by atoms with E-state index in [0.29, 0.717) is 11.1 Å². The van der Waals surface area contributed by atoms with E-state index in [0.717, 1.165) is 17.0 Å². The molecule has 0 amide bonds. The molecule has 3 rings (SSSR count). The average Bonchev–Trinajstić information content (AvgIpc) is 2.50. The van der Waals surface area contributed by atoms with Gasteiger partial charge in [-0.25, -0.2) is 14.0 Å². The number of carbonyl (C=O) groups is 1. The highest BCUT2D eigenvalue weighted by Gasteiger charge is 2.14. The Labute approximate surface area is 131 Å². The molecule has 1 heterocycles. The van der Waals surface area contributed by atoms with Gasteiger partial charge in [0.2, 0.25) is 0 Å². The lowest BCUT2D eigenvalue weighted by atomic mass is 10.1. The summed E-state index contributed by atoms with van der Waals surface area (Å²) in [6.07, 6.45) is 0. The Balaban J connectivity index is 2.02. The van der Waals surface area contributed by atoms with Crippen LogP contribution in [0.25, 0.3) is 11.0 Å². The molecule has 0 saturated carbocycles. The largest absolute Gasteiger partial charge is 0.423 e. The summed E-state index contributed by atoms with van der Waals surface area (Å²) in [4.78, 5) is 23.6. The second-order valence-electron chi connectivity index (χ2n) is 5.21. The molecule has 1 aromatic heterocycles. The van der Waals surface area contributed by atoms with Crippen LogP contribution in [0.4, 0.5) is 4.39 Å². The molecule has 0 radical (unpaired) electrons. The molecule has 0 saturated heterocycles. The maximum atomic E-state index is 13.2. The van der Waals surface area contributed by atoms with E-state index < -0.39 is 17.4 Å². The van der Waals surface area contributed by atoms with Gasteiger partial charge in [-0.3, -0.25) is 0 Å². The summed E-state index contributed by atoms with van der Waals surface area (Å²) in [5.41, 5.74) is 1.33. The molecule has 0 spiro atoms. The third kappa shape index (κ3) is 2.85. The lowest BCUT2D eigenvalue weighted by Crippen LogP contribution is -2.10. The molecule has 0 aliphatic rings. The van der Waals surface area contributed by atoms with E-state index in [9.17, 15) is 14.0 Å². The van der Waals surface area contributed by atoms with E-state index >= 15 is 0 Å². The van der Waals surface area contributed by atoms with Crippen LogP contribution in [0.5, 0.6) is 5.75 Å². The van der Waals surface area contributed by atoms with Crippen LogP contribution in [0.15, 0.2) is 51.7 Å². The van der Waals surface area contributed by atoms with E-state index in [1.807, 2.05) is 0 Å². The lowest BCUT2D eigenvalue weighted by molar-refractivity contribution is 0.0733. The maximum Gasteiger partial charge on any atom is 0.343 e. The van der Waals surface area contributed by atoms with Gasteiger partial charge in [0.05, 0.1) is 5.56 Å². The number of halogens is 1. The molecule has 0 aliphatic carbocycles. The van der Waals surface area contributed by atoms with E-state index in [1.54, 1.807) is 26.0 Å². The van der Waals surface area contributed by atoms with Gasteiger partial charge in [0.15, 0.2) is 0 Å². The first kappa shape index (κ1) is 15.0. The average molecular weight is 312 g/mol. The van der Waals surface area contributed by atoms with Gasteiger partial charge in [0.1, 0.15) is 17.1 Å². The summed E-state index contributed by atoms with van der Waals surface area (Å²) in [5.74, 6) is -0.932. The highest BCUT2D eigenvalue weighted by molar-refractivity contribution is 5.92. The Bertz CT molecular complexity index is 972. The van der Waals surface area contributed by atoms with Crippen molar-refractivity contribution in [2.24, 2.45) is 0 Å². The topological polar surface area (TPSA) is 56.5 Å². The molecule has 0 unspecified atom stereocenters. The van der Waals surface area contributed by atoms with Crippen LogP contribution >= 0.6 is 0 Å². The third-order valence-electron chi connectivity index (χ3n) is 3.58. The molecular weight excluding hydrogens is 299 g/mol. The predicted molar refractivity (Wildman–Crippen MR) is 83.3 cm³/mol. The number of ether oxygens (including phenoxy) is 1. The fraction of sp³-hybridized carbons (Fsp3) is 0.111. The molecule has 23 heavy (non-hydrogen) atoms. The van der Waals surface area contributed by atoms with Crippen LogP contribution in [0.1, 0.15) is 21.5 Å². The summed E-state index contributed by atoms with van der Waals surface area (Å²) in [5, 5.41) is 0.771. The van der Waals surface area contributed by atoms with Crippen molar-refractivity contribution >= 4 is 16.9 Å². The molecule has 0 atom stereocenters. The Kier molecular flexibility index (Phi) is 3.70. The van der Waals surface area contributed by atoms with E-state index in [-0.39, 0.29) is 11.3 Å². The monoisotopic (exact) mass is 312 g/mol. The summed E-state index contributed by atoms with van der Waals surface area (Å²) in [7, 11) is 0. The molecule has 0 bridgehead atoms. The quantitative estimate of drug-likeness (QED) is 0.410. The van der Waals surface area contributed by atoms with Crippen molar-refractivity contribution in [3.05, 3.63) is 75.4 Å². The number of fused-ring (bicyclic) bond motifs is 1. The van der Waals surface area contributed by atoms with Crippen LogP contribution in [0.2, 0.25) is 0 Å². The van der Waals surface area contributed by atoms with Crippen molar-refractivity contribution in [1.29, 1.82) is 0 Å². The second-order valence-corrected chi connectivity index (χ2v) is 5.21. The Morgan fingerprint density at radius 1 is 1.13 bits per heavy atom. The minimum Gasteiger partial charge on any atom is -0.423 e. The van der Waals surface area contributed by atoms with E-state index in [4.69, 9.17) is 9.15 Å². The smallest absolute Gasteiger partial charge is 0.343 e. The van der Waals surface area contributed by atoms with Gasteiger partial charge < -0.3 is 9.15 Å². The first-order valence-electron chi connectivity index (χ1n) is 6.97. The first-order valence-corrected chi connectivity index (χ1v) is 6.97. The van der Waals surface area contributed by atoms with Crippen molar-refractivity contribution < 1.29 is 18.3 Å². The van der Waals surface area contributed by atoms with Crippen molar-refractivity contribution in [2.45, 2.75) is 13.8 Å². The zero-order chi connectivity index (χ0) is 16.6. The normalized spacial score (nSPS) is 10.7. The van der Waals surface area contributed by atoms with Gasteiger partial charge in [-0.2, -0.15) is 0 Å². The number of hydrogen-bond acceptors (Lipinski definition) is 4. The predicted octanol–water partition coefficient (Wildman–Crippen LogP) is 3.77. The standard InChI is InChI=1S/C18H13FO4/c1-10-8-16(20)23-17-11(2)15(7-6-14(10)17)22-18(21)12-4-3-5-13(19)9-12/h3-9H,1-2H3. The summed E-state index contributed by atoms with van der Waals surface area (Å²) in [6, 6.07) is 9.99. The number of benzene rings is 2. The highest BCUT2D eigenvalue weighted by Crippen LogP contribution is 2.28. The van der Waals surface area contributed by atoms with Gasteiger partial charge >= 0.3 is 11.6 Å². The van der Waals surface area contributed by atoms with Gasteiger partial charge in [-0.05, 0) is 49.7 Å². The molecule has 5 heteroatoms. The molecule has 0 N–H and O–H groups in total. The minimum atomic E-state index is -0.679. The SMILES string of the molecule is Cc1cc(=O)oc2c(C)c(OC(=O)c3cccc(F)c3)ccc12. The van der Waals surface area contributed by atoms with Crippen molar-refractivity contribution in [3.63, 3.8) is 0 Å². The van der Waals surface area contributed by atoms with Gasteiger partial charge in [0.25, 0.3) is 0 Å². The van der Waals surface area contributed by atoms with E-state index in [2.05, 4.69) is 0 Å². The Hall–Kier alpha value is -2.95. The molecular formula is C18H13FO4. The summed E-state index contributed by atoms with van der Waals surface area (Å²) < 4.78 is 23.7. The van der Waals surface area contributed by atoms with Crippen molar-refractivity contribution in [3.8, 4) is 5.75 Å². The lowest BCUT2D eigenvalue weighted by Gasteiger charge is -2.10. The summed E-state index contributed by atoms with van der Waals surface area (Å²) >= 11 is 0. The minimum absolute atomic E-state index is 0.107. The van der Waals surface area contributed by atoms with Crippen molar-refractivity contribution in [2.75, 3.05) is 0 Å². The van der Waals surface area contributed by atoms with Crippen molar-refractivity contribution in [1.82, 2.24) is 0 Å². The van der Waals surface area contributed by atoms with Crippen LogP contribution < -0.4 is 10.4 Å². The fourth-order valence-corrected chi connectivity index (χ4v) is 2.39. The second kappa shape index (κ2) is 5.68. The van der Waals surface area contributed by atoms with Crippen LogP contribution in [-0.2, 0) is 0 Å². The number of esters is 1.